The average molecular weight is 400 g/mol. The van der Waals surface area contributed by atoms with Crippen molar-refractivity contribution >= 4 is 29.5 Å². The van der Waals surface area contributed by atoms with Gasteiger partial charge in [-0.25, -0.2) is 8.78 Å². The van der Waals surface area contributed by atoms with Crippen LogP contribution in [0, 0.1) is 11.6 Å². The van der Waals surface area contributed by atoms with Crippen LogP contribution in [0.4, 0.5) is 14.5 Å². The highest BCUT2D eigenvalue weighted by molar-refractivity contribution is 5.93. The molecule has 1 atom stereocenters. The zero-order chi connectivity index (χ0) is 21.0. The van der Waals surface area contributed by atoms with Crippen molar-refractivity contribution in [1.82, 2.24) is 4.90 Å². The van der Waals surface area contributed by atoms with Gasteiger partial charge in [-0.2, -0.15) is 0 Å². The molecule has 0 radical (unpaired) electrons. The number of halogens is 2. The van der Waals surface area contributed by atoms with Crippen LogP contribution >= 0.6 is 0 Å². The molecule has 0 spiro atoms. The molecule has 150 valence electrons. The van der Waals surface area contributed by atoms with Gasteiger partial charge in [0.1, 0.15) is 17.3 Å². The number of carbonyl (C=O) groups is 3. The third-order valence-corrected chi connectivity index (χ3v) is 4.42. The molecule has 0 aliphatic carbocycles. The molecule has 0 aromatic heterocycles. The van der Waals surface area contributed by atoms with E-state index in [9.17, 15) is 23.2 Å². The van der Waals surface area contributed by atoms with Crippen molar-refractivity contribution in [3.05, 3.63) is 71.4 Å². The fraction of sp³-hybridized carbons (Fsp3) is 0.190. The number of rotatable bonds is 5. The minimum absolute atomic E-state index is 0.178. The topological polar surface area (TPSA) is 75.7 Å². The first-order valence-electron chi connectivity index (χ1n) is 8.82. The lowest BCUT2D eigenvalue weighted by molar-refractivity contribution is -0.149. The van der Waals surface area contributed by atoms with Crippen LogP contribution in [0.25, 0.3) is 6.08 Å². The van der Waals surface area contributed by atoms with Gasteiger partial charge in [0.25, 0.3) is 5.91 Å². The average Bonchev–Trinajstić information content (AvgIpc) is 2.69. The van der Waals surface area contributed by atoms with E-state index in [-0.39, 0.29) is 12.3 Å². The van der Waals surface area contributed by atoms with Crippen LogP contribution in [-0.4, -0.2) is 29.3 Å². The Balaban J connectivity index is 1.63. The van der Waals surface area contributed by atoms with Gasteiger partial charge in [0.05, 0.1) is 12.5 Å². The first-order chi connectivity index (χ1) is 13.9. The van der Waals surface area contributed by atoms with E-state index in [4.69, 9.17) is 4.74 Å². The van der Waals surface area contributed by atoms with Crippen molar-refractivity contribution in [3.8, 4) is 0 Å². The molecule has 29 heavy (non-hydrogen) atoms. The van der Waals surface area contributed by atoms with Gasteiger partial charge in [-0.15, -0.1) is 0 Å². The molecule has 1 aliphatic rings. The Kier molecular flexibility index (Phi) is 6.01. The van der Waals surface area contributed by atoms with Crippen molar-refractivity contribution in [2.75, 3.05) is 11.9 Å². The summed E-state index contributed by atoms with van der Waals surface area (Å²) in [5.41, 5.74) is 1.04. The SMILES string of the molecule is CC(=O)N1C=Cc2ccccc2[C@@H]1CC(=O)OCC(=O)Nc1c(F)cccc1F. The minimum Gasteiger partial charge on any atom is -0.455 e. The van der Waals surface area contributed by atoms with Gasteiger partial charge >= 0.3 is 5.97 Å². The summed E-state index contributed by atoms with van der Waals surface area (Å²) in [4.78, 5) is 37.5. The third-order valence-electron chi connectivity index (χ3n) is 4.42. The Morgan fingerprint density at radius 2 is 1.76 bits per heavy atom. The van der Waals surface area contributed by atoms with Gasteiger partial charge in [-0.1, -0.05) is 30.3 Å². The number of hydrogen-bond donors (Lipinski definition) is 1. The Labute approximate surface area is 165 Å². The number of nitrogens with one attached hydrogen (secondary N) is 1. The van der Waals surface area contributed by atoms with E-state index in [0.717, 1.165) is 29.3 Å². The zero-order valence-corrected chi connectivity index (χ0v) is 15.5. The molecule has 1 N–H and O–H groups in total. The summed E-state index contributed by atoms with van der Waals surface area (Å²) in [6.45, 7) is 0.671. The highest BCUT2D eigenvalue weighted by atomic mass is 19.1. The van der Waals surface area contributed by atoms with Crippen LogP contribution in [0.2, 0.25) is 0 Å². The standard InChI is InChI=1S/C21H18F2N2O4/c1-13(26)25-10-9-14-5-2-3-6-15(14)18(25)11-20(28)29-12-19(27)24-21-16(22)7-4-8-17(21)23/h2-10,18H,11-12H2,1H3,(H,24,27)/t18-/m0/s1. The monoisotopic (exact) mass is 400 g/mol. The van der Waals surface area contributed by atoms with E-state index in [2.05, 4.69) is 0 Å². The summed E-state index contributed by atoms with van der Waals surface area (Å²) in [6, 6.07) is 9.88. The number of carbonyl (C=O) groups excluding carboxylic acids is 3. The summed E-state index contributed by atoms with van der Waals surface area (Å²) >= 11 is 0. The summed E-state index contributed by atoms with van der Waals surface area (Å²) < 4.78 is 32.1. The van der Waals surface area contributed by atoms with Crippen LogP contribution < -0.4 is 5.32 Å². The lowest BCUT2D eigenvalue weighted by Crippen LogP contribution is -2.33. The number of amides is 2. The highest BCUT2D eigenvalue weighted by Crippen LogP contribution is 2.33. The van der Waals surface area contributed by atoms with Crippen LogP contribution in [-0.2, 0) is 19.1 Å². The van der Waals surface area contributed by atoms with Crippen molar-refractivity contribution < 1.29 is 27.9 Å². The van der Waals surface area contributed by atoms with Crippen LogP contribution in [0.5, 0.6) is 0 Å². The molecule has 3 rings (SSSR count). The number of esters is 1. The number of benzene rings is 2. The number of hydrogen-bond acceptors (Lipinski definition) is 4. The minimum atomic E-state index is -0.938. The van der Waals surface area contributed by atoms with Crippen molar-refractivity contribution in [2.45, 2.75) is 19.4 Å². The highest BCUT2D eigenvalue weighted by Gasteiger charge is 2.29. The van der Waals surface area contributed by atoms with Crippen LogP contribution in [0.15, 0.2) is 48.7 Å². The van der Waals surface area contributed by atoms with E-state index >= 15 is 0 Å². The molecular formula is C21H18F2N2O4. The van der Waals surface area contributed by atoms with E-state index < -0.39 is 41.8 Å². The molecule has 1 aliphatic heterocycles. The van der Waals surface area contributed by atoms with Gasteiger partial charge in [0, 0.05) is 13.1 Å². The van der Waals surface area contributed by atoms with Gasteiger partial charge in [-0.05, 0) is 29.3 Å². The first-order valence-corrected chi connectivity index (χ1v) is 8.82. The normalized spacial score (nSPS) is 14.9. The molecule has 0 bridgehead atoms. The lowest BCUT2D eigenvalue weighted by Gasteiger charge is -2.32. The van der Waals surface area contributed by atoms with Crippen LogP contribution in [0.1, 0.15) is 30.5 Å². The summed E-state index contributed by atoms with van der Waals surface area (Å²) in [5.74, 6) is -3.73. The second kappa shape index (κ2) is 8.64. The maximum Gasteiger partial charge on any atom is 0.308 e. The quantitative estimate of drug-likeness (QED) is 0.781. The molecule has 2 aromatic carbocycles. The molecule has 8 heteroatoms. The molecule has 0 fully saturated rings. The number of para-hydroxylation sites is 1. The molecular weight excluding hydrogens is 382 g/mol. The smallest absolute Gasteiger partial charge is 0.308 e. The summed E-state index contributed by atoms with van der Waals surface area (Å²) in [5, 5.41) is 2.04. The third kappa shape index (κ3) is 4.66. The Morgan fingerprint density at radius 1 is 1.07 bits per heavy atom. The number of ether oxygens (including phenoxy) is 1. The Morgan fingerprint density at radius 3 is 2.45 bits per heavy atom. The van der Waals surface area contributed by atoms with Gasteiger partial charge in [0.2, 0.25) is 5.91 Å². The number of anilines is 1. The van der Waals surface area contributed by atoms with Crippen molar-refractivity contribution in [2.24, 2.45) is 0 Å². The molecule has 2 amide bonds. The zero-order valence-electron chi connectivity index (χ0n) is 15.5. The van der Waals surface area contributed by atoms with Gasteiger partial charge in [0.15, 0.2) is 6.61 Å². The lowest BCUT2D eigenvalue weighted by atomic mass is 9.94. The fourth-order valence-electron chi connectivity index (χ4n) is 3.07. The molecule has 0 saturated heterocycles. The maximum atomic E-state index is 13.6. The second-order valence-electron chi connectivity index (χ2n) is 6.40. The molecule has 0 saturated carbocycles. The van der Waals surface area contributed by atoms with Crippen LogP contribution in [0.3, 0.4) is 0 Å². The molecule has 6 nitrogen and oxygen atoms in total. The van der Waals surface area contributed by atoms with E-state index in [1.165, 1.54) is 11.8 Å². The number of nitrogens with zero attached hydrogens (tertiary/aromatic N) is 1. The summed E-state index contributed by atoms with van der Waals surface area (Å²) in [6.07, 6.45) is 3.19. The Bertz CT molecular complexity index is 970. The van der Waals surface area contributed by atoms with Crippen molar-refractivity contribution in [3.63, 3.8) is 0 Å². The van der Waals surface area contributed by atoms with Crippen molar-refractivity contribution in [1.29, 1.82) is 0 Å². The first kappa shape index (κ1) is 20.2. The molecule has 0 unspecified atom stereocenters. The second-order valence-corrected chi connectivity index (χ2v) is 6.40. The largest absolute Gasteiger partial charge is 0.455 e. The van der Waals surface area contributed by atoms with E-state index in [0.29, 0.717) is 0 Å². The molecule has 1 heterocycles. The Hall–Kier alpha value is -3.55. The van der Waals surface area contributed by atoms with Gasteiger partial charge < -0.3 is 15.0 Å². The maximum absolute atomic E-state index is 13.6. The number of fused-ring (bicyclic) bond motifs is 1. The predicted molar refractivity (Wildman–Crippen MR) is 101 cm³/mol. The summed E-state index contributed by atoms with van der Waals surface area (Å²) in [7, 11) is 0. The van der Waals surface area contributed by atoms with E-state index in [1.807, 2.05) is 17.4 Å². The van der Waals surface area contributed by atoms with E-state index in [1.54, 1.807) is 24.4 Å². The predicted octanol–water partition coefficient (Wildman–Crippen LogP) is 3.41. The van der Waals surface area contributed by atoms with Gasteiger partial charge in [-0.3, -0.25) is 14.4 Å². The fourth-order valence-corrected chi connectivity index (χ4v) is 3.07. The molecule has 2 aromatic rings.